The summed E-state index contributed by atoms with van der Waals surface area (Å²) in [5.74, 6) is 0.732. The van der Waals surface area contributed by atoms with Crippen LogP contribution in [0.4, 0.5) is 0 Å². The van der Waals surface area contributed by atoms with E-state index in [1.807, 2.05) is 31.3 Å². The number of hydrogen-bond acceptors (Lipinski definition) is 3. The standard InChI is InChI=1S/C15H18Cl2N4S/c1-10-8-20-14(22-10)9-21-15(18-2)19-7-6-11-12(16)4-3-5-13(11)17/h3-5,8H,6-7,9H2,1-2H3,(H2,18,19,21). The van der Waals surface area contributed by atoms with Gasteiger partial charge in [-0.05, 0) is 31.0 Å². The molecule has 0 saturated heterocycles. The molecule has 2 N–H and O–H groups in total. The van der Waals surface area contributed by atoms with E-state index in [0.29, 0.717) is 23.1 Å². The lowest BCUT2D eigenvalue weighted by Crippen LogP contribution is -2.37. The molecule has 4 nitrogen and oxygen atoms in total. The van der Waals surface area contributed by atoms with Gasteiger partial charge in [0.05, 0.1) is 6.54 Å². The van der Waals surface area contributed by atoms with Gasteiger partial charge in [-0.2, -0.15) is 0 Å². The van der Waals surface area contributed by atoms with Crippen LogP contribution in [0.3, 0.4) is 0 Å². The van der Waals surface area contributed by atoms with Gasteiger partial charge in [0.25, 0.3) is 0 Å². The Labute approximate surface area is 144 Å². The summed E-state index contributed by atoms with van der Waals surface area (Å²) >= 11 is 14.0. The number of hydrogen-bond donors (Lipinski definition) is 2. The molecule has 118 valence electrons. The molecule has 0 aliphatic heterocycles. The lowest BCUT2D eigenvalue weighted by molar-refractivity contribution is 0.792. The van der Waals surface area contributed by atoms with E-state index < -0.39 is 0 Å². The summed E-state index contributed by atoms with van der Waals surface area (Å²) in [4.78, 5) is 9.70. The van der Waals surface area contributed by atoms with Crippen LogP contribution in [0.2, 0.25) is 10.0 Å². The molecule has 0 aliphatic rings. The van der Waals surface area contributed by atoms with Crippen LogP contribution in [0.5, 0.6) is 0 Å². The van der Waals surface area contributed by atoms with Crippen molar-refractivity contribution < 1.29 is 0 Å². The maximum absolute atomic E-state index is 6.16. The summed E-state index contributed by atoms with van der Waals surface area (Å²) in [7, 11) is 1.74. The number of aliphatic imine (C=N–C) groups is 1. The minimum atomic E-state index is 0.658. The number of rotatable bonds is 5. The number of benzene rings is 1. The molecule has 1 heterocycles. The molecule has 2 aromatic rings. The van der Waals surface area contributed by atoms with E-state index in [0.717, 1.165) is 23.0 Å². The van der Waals surface area contributed by atoms with Crippen molar-refractivity contribution in [1.29, 1.82) is 0 Å². The van der Waals surface area contributed by atoms with Gasteiger partial charge in [-0.25, -0.2) is 4.98 Å². The number of thiazole rings is 1. The zero-order valence-corrected chi connectivity index (χ0v) is 14.8. The van der Waals surface area contributed by atoms with Crippen LogP contribution in [0.15, 0.2) is 29.4 Å². The Morgan fingerprint density at radius 3 is 2.59 bits per heavy atom. The van der Waals surface area contributed by atoms with Crippen molar-refractivity contribution in [3.8, 4) is 0 Å². The molecule has 0 radical (unpaired) electrons. The van der Waals surface area contributed by atoms with E-state index in [4.69, 9.17) is 23.2 Å². The average molecular weight is 357 g/mol. The van der Waals surface area contributed by atoms with Crippen LogP contribution in [0.25, 0.3) is 0 Å². The SMILES string of the molecule is CN=C(NCCc1c(Cl)cccc1Cl)NCc1ncc(C)s1. The van der Waals surface area contributed by atoms with Crippen molar-refractivity contribution in [2.45, 2.75) is 19.9 Å². The Morgan fingerprint density at radius 2 is 2.00 bits per heavy atom. The fourth-order valence-corrected chi connectivity index (χ4v) is 3.25. The Bertz CT molecular complexity index is 634. The van der Waals surface area contributed by atoms with E-state index in [2.05, 4.69) is 20.6 Å². The van der Waals surface area contributed by atoms with Crippen LogP contribution < -0.4 is 10.6 Å². The van der Waals surface area contributed by atoms with Gasteiger partial charge in [-0.3, -0.25) is 4.99 Å². The van der Waals surface area contributed by atoms with Gasteiger partial charge in [0.1, 0.15) is 5.01 Å². The smallest absolute Gasteiger partial charge is 0.191 e. The quantitative estimate of drug-likeness (QED) is 0.634. The first kappa shape index (κ1) is 17.1. The molecule has 0 unspecified atom stereocenters. The van der Waals surface area contributed by atoms with Gasteiger partial charge in [0, 0.05) is 34.7 Å². The molecular weight excluding hydrogens is 339 g/mol. The van der Waals surface area contributed by atoms with E-state index >= 15 is 0 Å². The molecule has 0 fully saturated rings. The summed E-state index contributed by atoms with van der Waals surface area (Å²) in [6, 6.07) is 5.54. The first-order valence-electron chi connectivity index (χ1n) is 6.89. The van der Waals surface area contributed by atoms with Crippen molar-refractivity contribution in [1.82, 2.24) is 15.6 Å². The molecule has 1 aromatic heterocycles. The van der Waals surface area contributed by atoms with Gasteiger partial charge in [-0.1, -0.05) is 29.3 Å². The van der Waals surface area contributed by atoms with Crippen LogP contribution in [-0.4, -0.2) is 24.5 Å². The third-order valence-electron chi connectivity index (χ3n) is 3.03. The molecule has 0 aliphatic carbocycles. The Hall–Kier alpha value is -1.30. The lowest BCUT2D eigenvalue weighted by Gasteiger charge is -2.12. The largest absolute Gasteiger partial charge is 0.356 e. The number of guanidine groups is 1. The molecular formula is C15H18Cl2N4S. The number of aryl methyl sites for hydroxylation is 1. The second kappa shape index (κ2) is 8.36. The van der Waals surface area contributed by atoms with Crippen molar-refractivity contribution in [3.05, 3.63) is 49.9 Å². The Balaban J connectivity index is 1.81. The van der Waals surface area contributed by atoms with Crippen LogP contribution >= 0.6 is 34.5 Å². The highest BCUT2D eigenvalue weighted by molar-refractivity contribution is 7.11. The topological polar surface area (TPSA) is 49.3 Å². The molecule has 0 amide bonds. The van der Waals surface area contributed by atoms with Crippen LogP contribution in [0.1, 0.15) is 15.4 Å². The van der Waals surface area contributed by atoms with E-state index in [-0.39, 0.29) is 0 Å². The average Bonchev–Trinajstić information content (AvgIpc) is 2.91. The van der Waals surface area contributed by atoms with Gasteiger partial charge >= 0.3 is 0 Å². The summed E-state index contributed by atoms with van der Waals surface area (Å²) < 4.78 is 0. The number of nitrogens with one attached hydrogen (secondary N) is 2. The molecule has 2 rings (SSSR count). The third-order valence-corrected chi connectivity index (χ3v) is 4.65. The highest BCUT2D eigenvalue weighted by Crippen LogP contribution is 2.24. The van der Waals surface area contributed by atoms with Crippen LogP contribution in [0, 0.1) is 6.92 Å². The van der Waals surface area contributed by atoms with Crippen molar-refractivity contribution >= 4 is 40.5 Å². The fraction of sp³-hybridized carbons (Fsp3) is 0.333. The molecule has 22 heavy (non-hydrogen) atoms. The lowest BCUT2D eigenvalue weighted by atomic mass is 10.1. The number of nitrogens with zero attached hydrogens (tertiary/aromatic N) is 2. The predicted molar refractivity (Wildman–Crippen MR) is 95.2 cm³/mol. The number of aromatic nitrogens is 1. The van der Waals surface area contributed by atoms with Crippen molar-refractivity contribution in [2.24, 2.45) is 4.99 Å². The Kier molecular flexibility index (Phi) is 6.49. The predicted octanol–water partition coefficient (Wildman–Crippen LogP) is 3.67. The van der Waals surface area contributed by atoms with Crippen LogP contribution in [-0.2, 0) is 13.0 Å². The summed E-state index contributed by atoms with van der Waals surface area (Å²) in [6.07, 6.45) is 2.60. The molecule has 0 saturated carbocycles. The third kappa shape index (κ3) is 4.87. The van der Waals surface area contributed by atoms with Gasteiger partial charge in [0.15, 0.2) is 5.96 Å². The monoisotopic (exact) mass is 356 g/mol. The maximum atomic E-state index is 6.16. The molecule has 7 heteroatoms. The zero-order chi connectivity index (χ0) is 15.9. The highest BCUT2D eigenvalue weighted by Gasteiger charge is 2.06. The summed E-state index contributed by atoms with van der Waals surface area (Å²) in [5, 5.41) is 8.90. The van der Waals surface area contributed by atoms with Gasteiger partial charge < -0.3 is 10.6 Å². The Morgan fingerprint density at radius 1 is 1.27 bits per heavy atom. The molecule has 0 atom stereocenters. The van der Waals surface area contributed by atoms with E-state index in [9.17, 15) is 0 Å². The molecule has 0 spiro atoms. The second-order valence-corrected chi connectivity index (χ2v) is 6.80. The highest BCUT2D eigenvalue weighted by atomic mass is 35.5. The first-order chi connectivity index (χ1) is 10.6. The maximum Gasteiger partial charge on any atom is 0.191 e. The minimum absolute atomic E-state index is 0.658. The normalized spacial score (nSPS) is 11.5. The molecule has 1 aromatic carbocycles. The summed E-state index contributed by atoms with van der Waals surface area (Å²) in [5.41, 5.74) is 0.948. The van der Waals surface area contributed by atoms with Gasteiger partial charge in [0.2, 0.25) is 0 Å². The second-order valence-electron chi connectivity index (χ2n) is 4.67. The fourth-order valence-electron chi connectivity index (χ4n) is 1.94. The zero-order valence-electron chi connectivity index (χ0n) is 12.5. The first-order valence-corrected chi connectivity index (χ1v) is 8.46. The van der Waals surface area contributed by atoms with E-state index in [1.54, 1.807) is 18.4 Å². The molecule has 0 bridgehead atoms. The van der Waals surface area contributed by atoms with Gasteiger partial charge in [-0.15, -0.1) is 11.3 Å². The van der Waals surface area contributed by atoms with Crippen molar-refractivity contribution in [3.63, 3.8) is 0 Å². The van der Waals surface area contributed by atoms with Crippen molar-refractivity contribution in [2.75, 3.05) is 13.6 Å². The van der Waals surface area contributed by atoms with E-state index in [1.165, 1.54) is 4.88 Å². The number of halogens is 2. The minimum Gasteiger partial charge on any atom is -0.356 e. The summed E-state index contributed by atoms with van der Waals surface area (Å²) in [6.45, 7) is 3.40.